The molecule has 0 amide bonds. The van der Waals surface area contributed by atoms with Crippen LogP contribution in [0.1, 0.15) is 34.1 Å². The lowest BCUT2D eigenvalue weighted by Gasteiger charge is -2.45. The van der Waals surface area contributed by atoms with E-state index in [1.54, 1.807) is 0 Å². The Balaban J connectivity index is 2.29. The Labute approximate surface area is 138 Å². The lowest BCUT2D eigenvalue weighted by atomic mass is 9.91. The summed E-state index contributed by atoms with van der Waals surface area (Å²) in [7, 11) is 0. The molecule has 0 bridgehead atoms. The third kappa shape index (κ3) is 3.85. The van der Waals surface area contributed by atoms with E-state index >= 15 is 0 Å². The summed E-state index contributed by atoms with van der Waals surface area (Å²) in [5, 5.41) is 5.16. The Hall–Kier alpha value is -0.440. The molecule has 1 aromatic rings. The zero-order valence-corrected chi connectivity index (χ0v) is 14.9. The monoisotopic (exact) mass is 328 g/mol. The van der Waals surface area contributed by atoms with Gasteiger partial charge in [-0.05, 0) is 30.0 Å². The maximum absolute atomic E-state index is 6.45. The van der Waals surface area contributed by atoms with Crippen LogP contribution in [-0.2, 0) is 0 Å². The average molecular weight is 329 g/mol. The van der Waals surface area contributed by atoms with Gasteiger partial charge in [0.25, 0.3) is 0 Å². The van der Waals surface area contributed by atoms with Crippen LogP contribution in [0.15, 0.2) is 18.2 Å². The molecule has 1 aliphatic heterocycles. The SMILES string of the molecule is CCC(C)C1CN(c2ccc(Cl)cc2Cl)C(C(C)C)CN1. The smallest absolute Gasteiger partial charge is 0.0654 e. The topological polar surface area (TPSA) is 15.3 Å². The molecule has 1 fully saturated rings. The Morgan fingerprint density at radius 2 is 2.00 bits per heavy atom. The predicted molar refractivity (Wildman–Crippen MR) is 93.7 cm³/mol. The second kappa shape index (κ2) is 7.21. The highest BCUT2D eigenvalue weighted by Gasteiger charge is 2.32. The summed E-state index contributed by atoms with van der Waals surface area (Å²) in [5.41, 5.74) is 1.11. The standard InChI is InChI=1S/C17H26Cl2N2/c1-5-12(4)15-10-21(17(9-20-15)11(2)3)16-7-6-13(18)8-14(16)19/h6-8,11-12,15,17,20H,5,9-10H2,1-4H3. The van der Waals surface area contributed by atoms with Gasteiger partial charge >= 0.3 is 0 Å². The van der Waals surface area contributed by atoms with Gasteiger partial charge in [0, 0.05) is 30.2 Å². The van der Waals surface area contributed by atoms with Gasteiger partial charge < -0.3 is 10.2 Å². The second-order valence-electron chi connectivity index (χ2n) is 6.46. The summed E-state index contributed by atoms with van der Waals surface area (Å²) in [6.45, 7) is 11.1. The van der Waals surface area contributed by atoms with E-state index in [9.17, 15) is 0 Å². The highest BCUT2D eigenvalue weighted by molar-refractivity contribution is 6.36. The fraction of sp³-hybridized carbons (Fsp3) is 0.647. The van der Waals surface area contributed by atoms with E-state index in [0.29, 0.717) is 28.9 Å². The molecule has 1 aromatic carbocycles. The third-order valence-electron chi connectivity index (χ3n) is 4.70. The van der Waals surface area contributed by atoms with E-state index < -0.39 is 0 Å². The van der Waals surface area contributed by atoms with Crippen LogP contribution in [-0.4, -0.2) is 25.2 Å². The minimum Gasteiger partial charge on any atom is -0.364 e. The van der Waals surface area contributed by atoms with E-state index in [2.05, 4.69) is 44.0 Å². The number of piperazine rings is 1. The van der Waals surface area contributed by atoms with Gasteiger partial charge in [-0.1, -0.05) is 57.3 Å². The van der Waals surface area contributed by atoms with Crippen LogP contribution in [0.5, 0.6) is 0 Å². The molecular weight excluding hydrogens is 303 g/mol. The van der Waals surface area contributed by atoms with Gasteiger partial charge in [-0.15, -0.1) is 0 Å². The molecule has 1 aliphatic rings. The van der Waals surface area contributed by atoms with Crippen molar-refractivity contribution in [3.63, 3.8) is 0 Å². The first kappa shape index (κ1) is 16.9. The number of benzene rings is 1. The number of anilines is 1. The van der Waals surface area contributed by atoms with Crippen molar-refractivity contribution in [3.8, 4) is 0 Å². The van der Waals surface area contributed by atoms with Gasteiger partial charge in [-0.2, -0.15) is 0 Å². The Morgan fingerprint density at radius 3 is 2.57 bits per heavy atom. The summed E-state index contributed by atoms with van der Waals surface area (Å²) in [6.07, 6.45) is 1.19. The minimum atomic E-state index is 0.462. The quantitative estimate of drug-likeness (QED) is 0.850. The van der Waals surface area contributed by atoms with E-state index in [1.165, 1.54) is 6.42 Å². The molecule has 0 aromatic heterocycles. The van der Waals surface area contributed by atoms with Crippen molar-refractivity contribution in [2.75, 3.05) is 18.0 Å². The fourth-order valence-electron chi connectivity index (χ4n) is 3.05. The molecule has 4 heteroatoms. The molecule has 0 spiro atoms. The van der Waals surface area contributed by atoms with Crippen LogP contribution in [0, 0.1) is 11.8 Å². The third-order valence-corrected chi connectivity index (χ3v) is 5.24. The summed E-state index contributed by atoms with van der Waals surface area (Å²) >= 11 is 12.5. The van der Waals surface area contributed by atoms with Crippen LogP contribution < -0.4 is 10.2 Å². The van der Waals surface area contributed by atoms with E-state index in [-0.39, 0.29) is 0 Å². The maximum atomic E-state index is 6.45. The molecule has 1 saturated heterocycles. The molecule has 3 unspecified atom stereocenters. The van der Waals surface area contributed by atoms with Crippen molar-refractivity contribution >= 4 is 28.9 Å². The second-order valence-corrected chi connectivity index (χ2v) is 7.30. The number of nitrogens with zero attached hydrogens (tertiary/aromatic N) is 1. The molecule has 0 saturated carbocycles. The minimum absolute atomic E-state index is 0.462. The molecule has 0 radical (unpaired) electrons. The van der Waals surface area contributed by atoms with Crippen molar-refractivity contribution in [2.45, 2.75) is 46.2 Å². The number of halogens is 2. The van der Waals surface area contributed by atoms with Crippen LogP contribution in [0.4, 0.5) is 5.69 Å². The highest BCUT2D eigenvalue weighted by Crippen LogP contribution is 2.33. The van der Waals surface area contributed by atoms with Gasteiger partial charge in [0.2, 0.25) is 0 Å². The van der Waals surface area contributed by atoms with Crippen molar-refractivity contribution < 1.29 is 0 Å². The lowest BCUT2D eigenvalue weighted by Crippen LogP contribution is -2.60. The highest BCUT2D eigenvalue weighted by atomic mass is 35.5. The Kier molecular flexibility index (Phi) is 5.81. The first-order valence-corrected chi connectivity index (χ1v) is 8.64. The number of hydrogen-bond acceptors (Lipinski definition) is 2. The molecule has 118 valence electrons. The first-order chi connectivity index (χ1) is 9.93. The lowest BCUT2D eigenvalue weighted by molar-refractivity contribution is 0.281. The molecule has 2 nitrogen and oxygen atoms in total. The normalized spacial score (nSPS) is 24.4. The number of rotatable bonds is 4. The summed E-state index contributed by atoms with van der Waals surface area (Å²) in [6, 6.07) is 6.80. The van der Waals surface area contributed by atoms with E-state index in [1.807, 2.05) is 12.1 Å². The zero-order chi connectivity index (χ0) is 15.6. The van der Waals surface area contributed by atoms with Gasteiger partial charge in [0.1, 0.15) is 0 Å². The van der Waals surface area contributed by atoms with Crippen molar-refractivity contribution in [3.05, 3.63) is 28.2 Å². The Morgan fingerprint density at radius 1 is 1.29 bits per heavy atom. The van der Waals surface area contributed by atoms with E-state index in [4.69, 9.17) is 23.2 Å². The summed E-state index contributed by atoms with van der Waals surface area (Å²) in [4.78, 5) is 2.47. The fourth-order valence-corrected chi connectivity index (χ4v) is 3.56. The van der Waals surface area contributed by atoms with E-state index in [0.717, 1.165) is 23.8 Å². The summed E-state index contributed by atoms with van der Waals surface area (Å²) < 4.78 is 0. The predicted octanol–water partition coefficient (Wildman–Crippen LogP) is 4.84. The van der Waals surface area contributed by atoms with Gasteiger partial charge in [-0.25, -0.2) is 0 Å². The van der Waals surface area contributed by atoms with Crippen molar-refractivity contribution in [2.24, 2.45) is 11.8 Å². The van der Waals surface area contributed by atoms with Crippen molar-refractivity contribution in [1.29, 1.82) is 0 Å². The molecule has 1 N–H and O–H groups in total. The van der Waals surface area contributed by atoms with Crippen LogP contribution in [0.25, 0.3) is 0 Å². The molecule has 3 atom stereocenters. The van der Waals surface area contributed by atoms with Gasteiger partial charge in [0.15, 0.2) is 0 Å². The molecule has 0 aliphatic carbocycles. The van der Waals surface area contributed by atoms with Gasteiger partial charge in [0.05, 0.1) is 10.7 Å². The average Bonchev–Trinajstić information content (AvgIpc) is 2.45. The van der Waals surface area contributed by atoms with Crippen LogP contribution >= 0.6 is 23.2 Å². The maximum Gasteiger partial charge on any atom is 0.0654 e. The number of nitrogens with one attached hydrogen (secondary N) is 1. The first-order valence-electron chi connectivity index (χ1n) is 7.89. The largest absolute Gasteiger partial charge is 0.364 e. The molecular formula is C17H26Cl2N2. The van der Waals surface area contributed by atoms with Gasteiger partial charge in [-0.3, -0.25) is 0 Å². The molecule has 1 heterocycles. The molecule has 2 rings (SSSR count). The number of hydrogen-bond donors (Lipinski definition) is 1. The van der Waals surface area contributed by atoms with Crippen molar-refractivity contribution in [1.82, 2.24) is 5.32 Å². The van der Waals surface area contributed by atoms with Crippen LogP contribution in [0.2, 0.25) is 10.0 Å². The summed E-state index contributed by atoms with van der Waals surface area (Å²) in [5.74, 6) is 1.23. The zero-order valence-electron chi connectivity index (χ0n) is 13.4. The van der Waals surface area contributed by atoms with Crippen LogP contribution in [0.3, 0.4) is 0 Å². The Bertz CT molecular complexity index is 476. The molecule has 21 heavy (non-hydrogen) atoms.